The molecule has 0 unspecified atom stereocenters. The highest BCUT2D eigenvalue weighted by Crippen LogP contribution is 2.30. The number of carbonyl (C=O) groups is 1. The summed E-state index contributed by atoms with van der Waals surface area (Å²) in [5.41, 5.74) is 0.713. The fraction of sp³-hybridized carbons (Fsp3) is 0.462. The van der Waals surface area contributed by atoms with Crippen molar-refractivity contribution in [2.75, 3.05) is 0 Å². The van der Waals surface area contributed by atoms with Crippen molar-refractivity contribution in [2.45, 2.75) is 36.1 Å². The summed E-state index contributed by atoms with van der Waals surface area (Å²) in [5, 5.41) is 2.48. The molecule has 6 heteroatoms. The van der Waals surface area contributed by atoms with Gasteiger partial charge in [0.1, 0.15) is 10.5 Å². The van der Waals surface area contributed by atoms with Gasteiger partial charge in [-0.1, -0.05) is 18.2 Å². The fourth-order valence-electron chi connectivity index (χ4n) is 2.28. The van der Waals surface area contributed by atoms with Crippen molar-refractivity contribution in [1.82, 2.24) is 9.55 Å². The van der Waals surface area contributed by atoms with Crippen LogP contribution >= 0.6 is 23.1 Å². The highest BCUT2D eigenvalue weighted by atomic mass is 32.2. The Labute approximate surface area is 118 Å². The summed E-state index contributed by atoms with van der Waals surface area (Å²) < 4.78 is 2.24. The van der Waals surface area contributed by atoms with Gasteiger partial charge in [0.2, 0.25) is 0 Å². The summed E-state index contributed by atoms with van der Waals surface area (Å²) >= 11 is 2.85. The van der Waals surface area contributed by atoms with E-state index < -0.39 is 0 Å². The number of thiophene rings is 1. The van der Waals surface area contributed by atoms with Gasteiger partial charge in [0, 0.05) is 13.5 Å². The molecule has 2 aromatic heterocycles. The van der Waals surface area contributed by atoms with E-state index in [1.165, 1.54) is 23.1 Å². The third-order valence-electron chi connectivity index (χ3n) is 3.39. The average Bonchev–Trinajstić information content (AvgIpc) is 2.86. The van der Waals surface area contributed by atoms with Crippen molar-refractivity contribution in [3.05, 3.63) is 21.8 Å². The monoisotopic (exact) mass is 294 g/mol. The molecule has 0 bridgehead atoms. The van der Waals surface area contributed by atoms with E-state index >= 15 is 0 Å². The summed E-state index contributed by atoms with van der Waals surface area (Å²) in [5.74, 6) is 0.288. The minimum Gasteiger partial charge on any atom is -0.298 e. The zero-order valence-electron chi connectivity index (χ0n) is 10.6. The highest BCUT2D eigenvalue weighted by Gasteiger charge is 2.25. The van der Waals surface area contributed by atoms with Crippen molar-refractivity contribution < 1.29 is 4.79 Å². The Balaban J connectivity index is 1.98. The second kappa shape index (κ2) is 5.09. The van der Waals surface area contributed by atoms with Crippen molar-refractivity contribution in [3.63, 3.8) is 0 Å². The van der Waals surface area contributed by atoms with E-state index in [0.29, 0.717) is 16.3 Å². The van der Waals surface area contributed by atoms with Crippen LogP contribution in [0.1, 0.15) is 25.7 Å². The highest BCUT2D eigenvalue weighted by molar-refractivity contribution is 8.00. The molecule has 2 aromatic rings. The van der Waals surface area contributed by atoms with Crippen LogP contribution in [-0.2, 0) is 11.8 Å². The first-order valence-electron chi connectivity index (χ1n) is 6.30. The molecule has 1 atom stereocenters. The molecule has 0 N–H and O–H groups in total. The van der Waals surface area contributed by atoms with Crippen LogP contribution in [-0.4, -0.2) is 20.6 Å². The van der Waals surface area contributed by atoms with Gasteiger partial charge in [-0.05, 0) is 24.3 Å². The van der Waals surface area contributed by atoms with Crippen LogP contribution in [0.2, 0.25) is 0 Å². The molecule has 0 radical (unpaired) electrons. The average molecular weight is 294 g/mol. The Morgan fingerprint density at radius 2 is 2.26 bits per heavy atom. The van der Waals surface area contributed by atoms with Crippen LogP contribution in [0.4, 0.5) is 0 Å². The van der Waals surface area contributed by atoms with Gasteiger partial charge in [-0.3, -0.25) is 14.2 Å². The Morgan fingerprint density at radius 1 is 1.42 bits per heavy atom. The van der Waals surface area contributed by atoms with E-state index in [4.69, 9.17) is 0 Å². The Hall–Kier alpha value is -1.14. The van der Waals surface area contributed by atoms with E-state index in [9.17, 15) is 9.59 Å². The van der Waals surface area contributed by atoms with E-state index in [0.717, 1.165) is 24.8 Å². The van der Waals surface area contributed by atoms with Crippen LogP contribution < -0.4 is 5.56 Å². The van der Waals surface area contributed by atoms with E-state index in [1.807, 2.05) is 11.4 Å². The molecule has 0 amide bonds. The molecular formula is C13H14N2O2S2. The zero-order chi connectivity index (χ0) is 13.4. The third-order valence-corrected chi connectivity index (χ3v) is 5.64. The number of hydrogen-bond acceptors (Lipinski definition) is 5. The van der Waals surface area contributed by atoms with E-state index in [1.54, 1.807) is 11.6 Å². The molecule has 0 spiro atoms. The molecule has 3 rings (SSSR count). The molecule has 0 saturated heterocycles. The molecule has 2 heterocycles. The van der Waals surface area contributed by atoms with Crippen LogP contribution in [0.15, 0.2) is 21.4 Å². The number of ketones is 1. The van der Waals surface area contributed by atoms with Gasteiger partial charge < -0.3 is 0 Å². The number of nitrogens with zero attached hydrogens (tertiary/aromatic N) is 2. The normalized spacial score (nSPS) is 20.1. The van der Waals surface area contributed by atoms with Gasteiger partial charge >= 0.3 is 0 Å². The first-order valence-corrected chi connectivity index (χ1v) is 8.06. The predicted octanol–water partition coefficient (Wildman–Crippen LogP) is 2.60. The lowest BCUT2D eigenvalue weighted by molar-refractivity contribution is -0.119. The van der Waals surface area contributed by atoms with Crippen molar-refractivity contribution >= 4 is 39.1 Å². The number of aromatic nitrogens is 2. The van der Waals surface area contributed by atoms with Gasteiger partial charge in [-0.15, -0.1) is 11.3 Å². The molecular weight excluding hydrogens is 280 g/mol. The second-order valence-corrected chi connectivity index (χ2v) is 6.80. The van der Waals surface area contributed by atoms with Gasteiger partial charge in [-0.2, -0.15) is 0 Å². The molecule has 1 aliphatic rings. The van der Waals surface area contributed by atoms with Gasteiger partial charge in [0.15, 0.2) is 5.16 Å². The summed E-state index contributed by atoms with van der Waals surface area (Å²) in [6.45, 7) is 0. The summed E-state index contributed by atoms with van der Waals surface area (Å²) in [4.78, 5) is 28.6. The maximum atomic E-state index is 12.2. The Morgan fingerprint density at radius 3 is 3.05 bits per heavy atom. The largest absolute Gasteiger partial charge is 0.298 e. The first-order chi connectivity index (χ1) is 9.16. The van der Waals surface area contributed by atoms with Gasteiger partial charge in [0.25, 0.3) is 5.56 Å². The lowest BCUT2D eigenvalue weighted by Crippen LogP contribution is -2.24. The second-order valence-electron chi connectivity index (χ2n) is 4.71. The SMILES string of the molecule is Cn1c(S[C@H]2CCCCC2=O)nc2ccsc2c1=O. The molecule has 0 aliphatic heterocycles. The van der Waals surface area contributed by atoms with Crippen LogP contribution in [0.5, 0.6) is 0 Å². The van der Waals surface area contributed by atoms with Crippen molar-refractivity contribution in [3.8, 4) is 0 Å². The Bertz CT molecular complexity index is 689. The number of thioether (sulfide) groups is 1. The van der Waals surface area contributed by atoms with Crippen LogP contribution in [0.25, 0.3) is 10.2 Å². The summed E-state index contributed by atoms with van der Waals surface area (Å²) in [7, 11) is 1.73. The van der Waals surface area contributed by atoms with Gasteiger partial charge in [-0.25, -0.2) is 4.98 Å². The Kier molecular flexibility index (Phi) is 3.45. The quantitative estimate of drug-likeness (QED) is 0.799. The van der Waals surface area contributed by atoms with Crippen molar-refractivity contribution in [2.24, 2.45) is 7.05 Å². The molecule has 100 valence electrons. The molecule has 1 aliphatic carbocycles. The third kappa shape index (κ3) is 2.34. The molecule has 0 aromatic carbocycles. The predicted molar refractivity (Wildman–Crippen MR) is 78.0 cm³/mol. The fourth-order valence-corrected chi connectivity index (χ4v) is 4.26. The number of hydrogen-bond donors (Lipinski definition) is 0. The van der Waals surface area contributed by atoms with E-state index in [-0.39, 0.29) is 16.6 Å². The first kappa shape index (κ1) is 12.9. The van der Waals surface area contributed by atoms with Crippen molar-refractivity contribution in [1.29, 1.82) is 0 Å². The number of fused-ring (bicyclic) bond motifs is 1. The topological polar surface area (TPSA) is 52.0 Å². The molecule has 4 nitrogen and oxygen atoms in total. The number of carbonyl (C=O) groups excluding carboxylic acids is 1. The number of rotatable bonds is 2. The van der Waals surface area contributed by atoms with E-state index in [2.05, 4.69) is 4.98 Å². The zero-order valence-corrected chi connectivity index (χ0v) is 12.2. The smallest absolute Gasteiger partial charge is 0.271 e. The summed E-state index contributed by atoms with van der Waals surface area (Å²) in [6.07, 6.45) is 3.62. The minimum atomic E-state index is -0.0389. The summed E-state index contributed by atoms with van der Waals surface area (Å²) in [6, 6.07) is 1.86. The maximum Gasteiger partial charge on any atom is 0.271 e. The molecule has 19 heavy (non-hydrogen) atoms. The van der Waals surface area contributed by atoms with Gasteiger partial charge in [0.05, 0.1) is 10.8 Å². The maximum absolute atomic E-state index is 12.2. The molecule has 1 fully saturated rings. The lowest BCUT2D eigenvalue weighted by Gasteiger charge is -2.20. The minimum absolute atomic E-state index is 0.0224. The van der Waals surface area contributed by atoms with Crippen LogP contribution in [0, 0.1) is 0 Å². The lowest BCUT2D eigenvalue weighted by atomic mass is 9.99. The standard InChI is InChI=1S/C13H14N2O2S2/c1-15-12(17)11-8(6-7-18-11)14-13(15)19-10-5-3-2-4-9(10)16/h6-7,10H,2-5H2,1H3/t10-/m0/s1. The van der Waals surface area contributed by atoms with Crippen LogP contribution in [0.3, 0.4) is 0 Å². The molecule has 1 saturated carbocycles. The number of Topliss-reactive ketones (excluding diaryl/α,β-unsaturated/α-hetero) is 1.